The Morgan fingerprint density at radius 1 is 1.10 bits per heavy atom. The molecular weight excluding hydrogens is 457 g/mol. The zero-order valence-corrected chi connectivity index (χ0v) is 18.9. The molecule has 0 saturated carbocycles. The van der Waals surface area contributed by atoms with Crippen molar-refractivity contribution in [1.29, 1.82) is 0 Å². The number of aliphatic hydroxyl groups excluding tert-OH is 1. The second kappa shape index (κ2) is 8.38. The van der Waals surface area contributed by atoms with Gasteiger partial charge in [-0.1, -0.05) is 35.3 Å². The average molecular weight is 474 g/mol. The number of aryl methyl sites for hydroxylation is 1. The van der Waals surface area contributed by atoms with Crippen molar-refractivity contribution < 1.29 is 19.4 Å². The smallest absolute Gasteiger partial charge is 0.300 e. The number of halogens is 2. The first kappa shape index (κ1) is 21.4. The van der Waals surface area contributed by atoms with Crippen LogP contribution in [0.4, 0.5) is 5.69 Å². The number of anilines is 1. The van der Waals surface area contributed by atoms with Crippen molar-refractivity contribution >= 4 is 57.7 Å². The Balaban J connectivity index is 1.99. The number of nitrogens with zero attached hydrogens (tertiary/aromatic N) is 1. The highest BCUT2D eigenvalue weighted by atomic mass is 35.5. The second-order valence-corrected chi connectivity index (χ2v) is 8.81. The number of rotatable bonds is 4. The molecule has 5 nitrogen and oxygen atoms in total. The number of Topliss-reactive ketones (excluding diaryl/α,β-unsaturated/α-hetero) is 1. The third-order valence-electron chi connectivity index (χ3n) is 5.10. The molecule has 8 heteroatoms. The largest absolute Gasteiger partial charge is 0.507 e. The molecule has 1 amide bonds. The van der Waals surface area contributed by atoms with Crippen molar-refractivity contribution in [2.75, 3.05) is 12.0 Å². The normalized spacial score (nSPS) is 17.9. The van der Waals surface area contributed by atoms with Crippen molar-refractivity contribution in [3.05, 3.63) is 85.5 Å². The van der Waals surface area contributed by atoms with Crippen molar-refractivity contribution in [3.8, 4) is 5.75 Å². The van der Waals surface area contributed by atoms with Crippen LogP contribution < -0.4 is 9.64 Å². The Labute approximate surface area is 193 Å². The molecule has 0 bridgehead atoms. The summed E-state index contributed by atoms with van der Waals surface area (Å²) in [5.41, 5.74) is 1.48. The summed E-state index contributed by atoms with van der Waals surface area (Å²) in [6.45, 7) is 1.83. The van der Waals surface area contributed by atoms with Gasteiger partial charge in [-0.15, -0.1) is 11.3 Å². The first-order chi connectivity index (χ1) is 14.8. The van der Waals surface area contributed by atoms with E-state index in [1.807, 2.05) is 24.4 Å². The third kappa shape index (κ3) is 3.71. The van der Waals surface area contributed by atoms with E-state index in [-0.39, 0.29) is 16.9 Å². The van der Waals surface area contributed by atoms with Crippen LogP contribution in [-0.2, 0) is 9.59 Å². The predicted molar refractivity (Wildman–Crippen MR) is 123 cm³/mol. The fourth-order valence-corrected chi connectivity index (χ4v) is 4.81. The number of hydrogen-bond donors (Lipinski definition) is 1. The van der Waals surface area contributed by atoms with Gasteiger partial charge in [-0.2, -0.15) is 0 Å². The third-order valence-corrected chi connectivity index (χ3v) is 6.50. The first-order valence-electron chi connectivity index (χ1n) is 9.28. The van der Waals surface area contributed by atoms with Crippen LogP contribution in [0.2, 0.25) is 10.0 Å². The van der Waals surface area contributed by atoms with Gasteiger partial charge < -0.3 is 9.84 Å². The highest BCUT2D eigenvalue weighted by Gasteiger charge is 2.48. The lowest BCUT2D eigenvalue weighted by Gasteiger charge is -2.26. The summed E-state index contributed by atoms with van der Waals surface area (Å²) in [6, 6.07) is 12.7. The van der Waals surface area contributed by atoms with Crippen LogP contribution in [-0.4, -0.2) is 23.9 Å². The molecule has 1 aliphatic heterocycles. The molecule has 1 aromatic heterocycles. The summed E-state index contributed by atoms with van der Waals surface area (Å²) in [5, 5.41) is 13.9. The van der Waals surface area contributed by atoms with E-state index in [2.05, 4.69) is 0 Å². The van der Waals surface area contributed by atoms with Crippen LogP contribution in [0.1, 0.15) is 22.0 Å². The number of aliphatic hydroxyl groups is 1. The van der Waals surface area contributed by atoms with E-state index in [1.165, 1.54) is 29.4 Å². The minimum Gasteiger partial charge on any atom is -0.507 e. The molecule has 2 aromatic carbocycles. The van der Waals surface area contributed by atoms with E-state index in [1.54, 1.807) is 30.3 Å². The molecule has 31 heavy (non-hydrogen) atoms. The van der Waals surface area contributed by atoms with Gasteiger partial charge in [-0.05, 0) is 54.3 Å². The Morgan fingerprint density at radius 3 is 2.48 bits per heavy atom. The van der Waals surface area contributed by atoms with Crippen LogP contribution in [0, 0.1) is 6.92 Å². The van der Waals surface area contributed by atoms with Gasteiger partial charge in [-0.25, -0.2) is 0 Å². The molecule has 1 unspecified atom stereocenters. The predicted octanol–water partition coefficient (Wildman–Crippen LogP) is 6.00. The maximum Gasteiger partial charge on any atom is 0.300 e. The van der Waals surface area contributed by atoms with Crippen molar-refractivity contribution in [2.24, 2.45) is 0 Å². The van der Waals surface area contributed by atoms with Gasteiger partial charge in [0, 0.05) is 20.6 Å². The molecule has 3 aromatic rings. The number of carbonyl (C=O) groups is 2. The lowest BCUT2D eigenvalue weighted by atomic mass is 9.99. The Bertz CT molecular complexity index is 1220. The van der Waals surface area contributed by atoms with Gasteiger partial charge in [-0.3, -0.25) is 14.5 Å². The Kier molecular flexibility index (Phi) is 5.79. The van der Waals surface area contributed by atoms with Gasteiger partial charge in [0.1, 0.15) is 17.6 Å². The van der Waals surface area contributed by atoms with Gasteiger partial charge >= 0.3 is 0 Å². The highest BCUT2D eigenvalue weighted by molar-refractivity contribution is 7.10. The molecule has 4 rings (SSSR count). The van der Waals surface area contributed by atoms with Crippen molar-refractivity contribution in [2.45, 2.75) is 13.0 Å². The van der Waals surface area contributed by atoms with Crippen LogP contribution in [0.15, 0.2) is 59.5 Å². The molecule has 1 aliphatic rings. The van der Waals surface area contributed by atoms with E-state index in [9.17, 15) is 14.7 Å². The SMILES string of the molecule is COc1ccc(Cl)cc1/C(O)=C1/C(=O)C(=O)N(c2cc(Cl)ccc2C)C1c1cccs1. The van der Waals surface area contributed by atoms with E-state index in [0.717, 1.165) is 10.4 Å². The fraction of sp³-hybridized carbons (Fsp3) is 0.130. The molecule has 0 spiro atoms. The molecule has 158 valence electrons. The maximum absolute atomic E-state index is 13.2. The van der Waals surface area contributed by atoms with Gasteiger partial charge in [0.25, 0.3) is 11.7 Å². The van der Waals surface area contributed by atoms with Crippen LogP contribution in [0.3, 0.4) is 0 Å². The zero-order chi connectivity index (χ0) is 22.3. The Morgan fingerprint density at radius 2 is 1.81 bits per heavy atom. The first-order valence-corrected chi connectivity index (χ1v) is 10.9. The number of carbonyl (C=O) groups excluding carboxylic acids is 2. The van der Waals surface area contributed by atoms with Crippen molar-refractivity contribution in [1.82, 2.24) is 0 Å². The summed E-state index contributed by atoms with van der Waals surface area (Å²) in [6.07, 6.45) is 0. The molecule has 0 radical (unpaired) electrons. The maximum atomic E-state index is 13.2. The molecule has 0 aliphatic carbocycles. The lowest BCUT2D eigenvalue weighted by Crippen LogP contribution is -2.29. The number of hydrogen-bond acceptors (Lipinski definition) is 5. The number of ketones is 1. The molecule has 1 saturated heterocycles. The van der Waals surface area contributed by atoms with Crippen LogP contribution in [0.5, 0.6) is 5.75 Å². The molecule has 1 N–H and O–H groups in total. The van der Waals surface area contributed by atoms with Gasteiger partial charge in [0.15, 0.2) is 0 Å². The van der Waals surface area contributed by atoms with E-state index in [0.29, 0.717) is 21.5 Å². The zero-order valence-electron chi connectivity index (χ0n) is 16.6. The topological polar surface area (TPSA) is 66.8 Å². The summed E-state index contributed by atoms with van der Waals surface area (Å²) >= 11 is 13.7. The van der Waals surface area contributed by atoms with Crippen LogP contribution in [0.25, 0.3) is 5.76 Å². The molecule has 1 atom stereocenters. The molecule has 2 heterocycles. The second-order valence-electron chi connectivity index (χ2n) is 6.96. The summed E-state index contributed by atoms with van der Waals surface area (Å²) in [7, 11) is 1.45. The van der Waals surface area contributed by atoms with Gasteiger partial charge in [0.05, 0.1) is 18.2 Å². The van der Waals surface area contributed by atoms with Crippen LogP contribution >= 0.6 is 34.5 Å². The number of benzene rings is 2. The molecule has 1 fully saturated rings. The minimum atomic E-state index is -0.819. The number of ether oxygens (including phenoxy) is 1. The lowest BCUT2D eigenvalue weighted by molar-refractivity contribution is -0.132. The Hall–Kier alpha value is -2.80. The number of thiophene rings is 1. The highest BCUT2D eigenvalue weighted by Crippen LogP contribution is 2.45. The van der Waals surface area contributed by atoms with E-state index < -0.39 is 17.7 Å². The number of methoxy groups -OCH3 is 1. The van der Waals surface area contributed by atoms with E-state index >= 15 is 0 Å². The summed E-state index contributed by atoms with van der Waals surface area (Å²) in [4.78, 5) is 28.5. The van der Waals surface area contributed by atoms with Gasteiger partial charge in [0.2, 0.25) is 0 Å². The standard InChI is InChI=1S/C23H17Cl2NO4S/c1-12-5-6-14(25)11-16(12)26-20(18-4-3-9-31-18)19(22(28)23(26)29)21(27)15-10-13(24)7-8-17(15)30-2/h3-11,20,27H,1-2H3/b21-19-. The fourth-order valence-electron chi connectivity index (χ4n) is 3.65. The summed E-state index contributed by atoms with van der Waals surface area (Å²) in [5.74, 6) is -1.56. The number of amides is 1. The minimum absolute atomic E-state index is 0.0348. The average Bonchev–Trinajstić information content (AvgIpc) is 3.36. The van der Waals surface area contributed by atoms with Crippen molar-refractivity contribution in [3.63, 3.8) is 0 Å². The monoisotopic (exact) mass is 473 g/mol. The molecular formula is C23H17Cl2NO4S. The quantitative estimate of drug-likeness (QED) is 0.286. The van der Waals surface area contributed by atoms with E-state index in [4.69, 9.17) is 27.9 Å². The summed E-state index contributed by atoms with van der Waals surface area (Å²) < 4.78 is 5.34.